The minimum Gasteiger partial charge on any atom is -0.406 e. The van der Waals surface area contributed by atoms with E-state index in [9.17, 15) is 22.8 Å². The molecule has 1 aromatic rings. The lowest BCUT2D eigenvalue weighted by Gasteiger charge is -2.18. The molecule has 0 radical (unpaired) electrons. The number of halogens is 3. The molecule has 1 saturated heterocycles. The zero-order valence-corrected chi connectivity index (χ0v) is 13.0. The number of hydrogen-bond donors (Lipinski definition) is 2. The summed E-state index contributed by atoms with van der Waals surface area (Å²) >= 11 is 0. The second kappa shape index (κ2) is 7.41. The summed E-state index contributed by atoms with van der Waals surface area (Å²) in [6, 6.07) is 4.45. The number of benzene rings is 1. The van der Waals surface area contributed by atoms with Crippen LogP contribution >= 0.6 is 0 Å². The van der Waals surface area contributed by atoms with Gasteiger partial charge in [0.1, 0.15) is 5.75 Å². The lowest BCUT2D eigenvalue weighted by atomic mass is 10.2. The number of alkyl halides is 3. The van der Waals surface area contributed by atoms with Crippen molar-refractivity contribution in [3.05, 3.63) is 24.3 Å². The molecule has 0 aliphatic carbocycles. The molecule has 132 valence electrons. The van der Waals surface area contributed by atoms with Gasteiger partial charge in [-0.25, -0.2) is 4.79 Å². The van der Waals surface area contributed by atoms with E-state index in [0.717, 1.165) is 12.1 Å². The summed E-state index contributed by atoms with van der Waals surface area (Å²) in [7, 11) is 0. The average Bonchev–Trinajstić information content (AvgIpc) is 2.96. The van der Waals surface area contributed by atoms with E-state index in [1.807, 2.05) is 0 Å². The van der Waals surface area contributed by atoms with Crippen LogP contribution in [0.3, 0.4) is 0 Å². The molecule has 6 nitrogen and oxygen atoms in total. The minimum absolute atomic E-state index is 0.0671. The molecule has 1 unspecified atom stereocenters. The van der Waals surface area contributed by atoms with Crippen molar-refractivity contribution in [1.82, 2.24) is 10.2 Å². The lowest BCUT2D eigenvalue weighted by molar-refractivity contribution is -0.274. The molecule has 9 heteroatoms. The Labute approximate surface area is 137 Å². The maximum absolute atomic E-state index is 12.1. The highest BCUT2D eigenvalue weighted by molar-refractivity contribution is 5.89. The molecule has 1 aliphatic rings. The van der Waals surface area contributed by atoms with Gasteiger partial charge in [-0.05, 0) is 30.7 Å². The van der Waals surface area contributed by atoms with Crippen LogP contribution in [0.1, 0.15) is 19.8 Å². The van der Waals surface area contributed by atoms with Crippen molar-refractivity contribution in [2.24, 2.45) is 0 Å². The first-order valence-corrected chi connectivity index (χ1v) is 7.48. The Hall–Kier alpha value is -2.45. The molecule has 1 heterocycles. The van der Waals surface area contributed by atoms with Crippen LogP contribution in [0, 0.1) is 0 Å². The van der Waals surface area contributed by atoms with Gasteiger partial charge in [0.25, 0.3) is 0 Å². The van der Waals surface area contributed by atoms with Gasteiger partial charge in [-0.3, -0.25) is 4.79 Å². The standard InChI is InChI=1S/C15H18F3N3O3/c1-2-13(22)19-11-7-8-21(9-11)14(23)20-10-3-5-12(6-4-10)24-15(16,17)18/h3-6,11H,2,7-9H2,1H3,(H,19,22)(H,20,23). The van der Waals surface area contributed by atoms with E-state index < -0.39 is 6.36 Å². The molecule has 1 atom stereocenters. The van der Waals surface area contributed by atoms with Gasteiger partial charge in [0.2, 0.25) is 5.91 Å². The minimum atomic E-state index is -4.75. The highest BCUT2D eigenvalue weighted by Crippen LogP contribution is 2.24. The molecule has 24 heavy (non-hydrogen) atoms. The van der Waals surface area contributed by atoms with E-state index in [0.29, 0.717) is 31.6 Å². The maximum Gasteiger partial charge on any atom is 0.573 e. The summed E-state index contributed by atoms with van der Waals surface area (Å²) in [5, 5.41) is 5.42. The number of carbonyl (C=O) groups excluding carboxylic acids is 2. The second-order valence-corrected chi connectivity index (χ2v) is 5.36. The summed E-state index contributed by atoms with van der Waals surface area (Å²) in [6.45, 7) is 2.64. The fraction of sp³-hybridized carbons (Fsp3) is 0.467. The zero-order chi connectivity index (χ0) is 17.7. The van der Waals surface area contributed by atoms with Crippen molar-refractivity contribution in [3.63, 3.8) is 0 Å². The molecule has 2 rings (SSSR count). The molecule has 1 aromatic carbocycles. The average molecular weight is 345 g/mol. The SMILES string of the molecule is CCC(=O)NC1CCN(C(=O)Nc2ccc(OC(F)(F)F)cc2)C1. The molecule has 1 aliphatic heterocycles. The Morgan fingerprint density at radius 3 is 2.54 bits per heavy atom. The monoisotopic (exact) mass is 345 g/mol. The molecule has 0 bridgehead atoms. The van der Waals surface area contributed by atoms with E-state index in [1.165, 1.54) is 12.1 Å². The Morgan fingerprint density at radius 2 is 1.96 bits per heavy atom. The van der Waals surface area contributed by atoms with Crippen LogP contribution in [0.25, 0.3) is 0 Å². The predicted octanol–water partition coefficient (Wildman–Crippen LogP) is 2.72. The van der Waals surface area contributed by atoms with E-state index in [1.54, 1.807) is 11.8 Å². The van der Waals surface area contributed by atoms with Crippen LogP contribution < -0.4 is 15.4 Å². The van der Waals surface area contributed by atoms with E-state index in [4.69, 9.17) is 0 Å². The van der Waals surface area contributed by atoms with Gasteiger partial charge in [0.05, 0.1) is 0 Å². The van der Waals surface area contributed by atoms with E-state index >= 15 is 0 Å². The summed E-state index contributed by atoms with van der Waals surface area (Å²) in [5.74, 6) is -0.425. The number of nitrogens with one attached hydrogen (secondary N) is 2. The van der Waals surface area contributed by atoms with Crippen LogP contribution in [-0.4, -0.2) is 42.3 Å². The number of nitrogens with zero attached hydrogens (tertiary/aromatic N) is 1. The zero-order valence-electron chi connectivity index (χ0n) is 13.0. The molecule has 0 aromatic heterocycles. The molecular weight excluding hydrogens is 327 g/mol. The van der Waals surface area contributed by atoms with Gasteiger partial charge >= 0.3 is 12.4 Å². The lowest BCUT2D eigenvalue weighted by Crippen LogP contribution is -2.39. The summed E-state index contributed by atoms with van der Waals surface area (Å²) in [5.41, 5.74) is 0.357. The molecule has 0 spiro atoms. The molecule has 0 saturated carbocycles. The van der Waals surface area contributed by atoms with Gasteiger partial charge in [-0.2, -0.15) is 0 Å². The number of anilines is 1. The Balaban J connectivity index is 1.85. The van der Waals surface area contributed by atoms with Crippen LogP contribution in [0.2, 0.25) is 0 Å². The topological polar surface area (TPSA) is 70.7 Å². The number of hydrogen-bond acceptors (Lipinski definition) is 3. The summed E-state index contributed by atoms with van der Waals surface area (Å²) < 4.78 is 40.0. The van der Waals surface area contributed by atoms with Gasteiger partial charge < -0.3 is 20.3 Å². The summed E-state index contributed by atoms with van der Waals surface area (Å²) in [6.07, 6.45) is -3.70. The highest BCUT2D eigenvalue weighted by Gasteiger charge is 2.31. The third-order valence-electron chi connectivity index (χ3n) is 3.50. The predicted molar refractivity (Wildman–Crippen MR) is 80.6 cm³/mol. The van der Waals surface area contributed by atoms with E-state index in [2.05, 4.69) is 15.4 Å². The Morgan fingerprint density at radius 1 is 1.29 bits per heavy atom. The van der Waals surface area contributed by atoms with Crippen LogP contribution in [-0.2, 0) is 4.79 Å². The van der Waals surface area contributed by atoms with Crippen molar-refractivity contribution >= 4 is 17.6 Å². The number of rotatable bonds is 4. The van der Waals surface area contributed by atoms with Crippen molar-refractivity contribution < 1.29 is 27.5 Å². The van der Waals surface area contributed by atoms with Crippen LogP contribution in [0.4, 0.5) is 23.7 Å². The van der Waals surface area contributed by atoms with Crippen LogP contribution in [0.5, 0.6) is 5.75 Å². The second-order valence-electron chi connectivity index (χ2n) is 5.36. The van der Waals surface area contributed by atoms with Crippen molar-refractivity contribution in [2.75, 3.05) is 18.4 Å². The van der Waals surface area contributed by atoms with Gasteiger partial charge in [-0.1, -0.05) is 6.92 Å². The number of carbonyl (C=O) groups is 2. The smallest absolute Gasteiger partial charge is 0.406 e. The number of amides is 3. The van der Waals surface area contributed by atoms with Crippen molar-refractivity contribution in [2.45, 2.75) is 32.2 Å². The largest absolute Gasteiger partial charge is 0.573 e. The van der Waals surface area contributed by atoms with Gasteiger partial charge in [-0.15, -0.1) is 13.2 Å². The molecule has 2 N–H and O–H groups in total. The Kier molecular flexibility index (Phi) is 5.53. The van der Waals surface area contributed by atoms with Gasteiger partial charge in [0.15, 0.2) is 0 Å². The van der Waals surface area contributed by atoms with E-state index in [-0.39, 0.29) is 23.7 Å². The maximum atomic E-state index is 12.1. The quantitative estimate of drug-likeness (QED) is 0.881. The molecule has 1 fully saturated rings. The molecular formula is C15H18F3N3O3. The summed E-state index contributed by atoms with van der Waals surface area (Å²) in [4.78, 5) is 25.0. The normalized spacial score (nSPS) is 17.5. The first-order chi connectivity index (χ1) is 11.3. The van der Waals surface area contributed by atoms with Crippen molar-refractivity contribution in [1.29, 1.82) is 0 Å². The first kappa shape index (κ1) is 17.9. The number of likely N-dealkylation sites (tertiary alicyclic amines) is 1. The fourth-order valence-corrected chi connectivity index (χ4v) is 2.33. The van der Waals surface area contributed by atoms with Crippen molar-refractivity contribution in [3.8, 4) is 5.75 Å². The third-order valence-corrected chi connectivity index (χ3v) is 3.50. The molecule has 3 amide bonds. The fourth-order valence-electron chi connectivity index (χ4n) is 2.33. The Bertz CT molecular complexity index is 590. The number of urea groups is 1. The number of ether oxygens (including phenoxy) is 1. The first-order valence-electron chi connectivity index (χ1n) is 7.48. The third kappa shape index (κ3) is 5.32. The van der Waals surface area contributed by atoms with Gasteiger partial charge in [0, 0.05) is 31.2 Å². The highest BCUT2D eigenvalue weighted by atomic mass is 19.4. The van der Waals surface area contributed by atoms with Crippen LogP contribution in [0.15, 0.2) is 24.3 Å².